The number of rotatable bonds is 61. The van der Waals surface area contributed by atoms with E-state index in [4.69, 9.17) is 47.6 Å². The van der Waals surface area contributed by atoms with Crippen LogP contribution < -0.4 is 24.7 Å². The summed E-state index contributed by atoms with van der Waals surface area (Å²) < 4.78 is 57.7. The number of benzene rings is 4. The van der Waals surface area contributed by atoms with Gasteiger partial charge in [0, 0.05) is 14.6 Å². The molecule has 9 aromatic heterocycles. The summed E-state index contributed by atoms with van der Waals surface area (Å²) in [4.78, 5) is 40.4. The predicted molar refractivity (Wildman–Crippen MR) is 622 cm³/mol. The molecule has 0 aliphatic heterocycles. The van der Waals surface area contributed by atoms with Gasteiger partial charge >= 0.3 is 95.6 Å². The first-order valence-corrected chi connectivity index (χ1v) is 82.4. The van der Waals surface area contributed by atoms with Crippen molar-refractivity contribution in [2.45, 2.75) is 407 Å². The molecule has 0 aliphatic rings. The second-order valence-electron chi connectivity index (χ2n) is 38.8. The number of aromatic nitrogens is 8. The van der Waals surface area contributed by atoms with Gasteiger partial charge in [-0.1, -0.05) is 287 Å². The number of hydrogen-bond acceptors (Lipinski definition) is 21. The van der Waals surface area contributed by atoms with E-state index in [0.717, 1.165) is 151 Å². The number of ether oxygens (including phenoxy) is 4. The SMILES string of the molecule is CCCCCCCCOc1c(OCCCCCCCC)c(-c2ccc(-c3nc4c(CCCCCCC)c(CCCCCCC)c5nc(C)sc5c4s3)s2)c2nsnc2c1-c1ccc(C)s1.CCCCCCCCOc1c(OCCCCCCCC)c(Br)c2nsnc2c1Br.CCCCCCCc1c(CCCCCCC)c2nc(Br)sc2c2sc(Br)nc12.[CH3][Sn]([CH3])([CH3])[c]1cc[c]([Sn]([CH3])([CH3])[CH3])s1. The van der Waals surface area contributed by atoms with Gasteiger partial charge in [0.25, 0.3) is 0 Å². The van der Waals surface area contributed by atoms with Gasteiger partial charge in [-0.15, -0.1) is 68.0 Å². The van der Waals surface area contributed by atoms with Gasteiger partial charge in [-0.05, 0) is 201 Å². The fourth-order valence-corrected chi connectivity index (χ4v) is 41.4. The van der Waals surface area contributed by atoms with Crippen molar-refractivity contribution in [3.8, 4) is 53.8 Å². The summed E-state index contributed by atoms with van der Waals surface area (Å²) in [5, 5.41) is 2.23. The average molecular weight is 2480 g/mol. The van der Waals surface area contributed by atoms with E-state index < -0.39 is 36.8 Å². The Morgan fingerprint density at radius 3 is 0.896 bits per heavy atom. The summed E-state index contributed by atoms with van der Waals surface area (Å²) >= 11 is 26.6. The second-order valence-corrected chi connectivity index (χ2v) is 82.5. The molecule has 9 heterocycles. The van der Waals surface area contributed by atoms with Crippen LogP contribution >= 0.6 is 167 Å². The number of unbranched alkanes of at least 4 members (excludes halogenated alkanes) is 36. The Hall–Kier alpha value is -2.10. The first-order chi connectivity index (χ1) is 65.5. The van der Waals surface area contributed by atoms with Crippen molar-refractivity contribution >= 4 is 272 Å². The van der Waals surface area contributed by atoms with Crippen LogP contribution in [0.15, 0.2) is 53.2 Å². The molecule has 0 saturated carbocycles. The van der Waals surface area contributed by atoms with Crippen molar-refractivity contribution in [2.24, 2.45) is 0 Å². The topological polar surface area (TPSA) is 140 Å². The fourth-order valence-electron chi connectivity index (χ4n) is 17.5. The molecule has 27 heteroatoms. The van der Waals surface area contributed by atoms with E-state index in [0.29, 0.717) is 26.4 Å². The third-order valence-corrected chi connectivity index (χ3v) is 55.5. The van der Waals surface area contributed by atoms with Crippen LogP contribution in [0, 0.1) is 13.8 Å². The predicted octanol–water partition coefficient (Wildman–Crippen LogP) is 40.1. The summed E-state index contributed by atoms with van der Waals surface area (Å²) in [7, 11) is 0. The van der Waals surface area contributed by atoms with Gasteiger partial charge in [0.05, 0.1) is 121 Å². The van der Waals surface area contributed by atoms with E-state index in [-0.39, 0.29) is 0 Å². The average Bonchev–Trinajstić information content (AvgIpc) is 1.60. The molecular weight excluding hydrogens is 2320 g/mol. The molecule has 12 nitrogen and oxygen atoms in total. The Labute approximate surface area is 890 Å². The number of thiophene rings is 3. The maximum atomic E-state index is 7.05. The molecule has 13 aromatic rings. The number of thiazole rings is 4. The van der Waals surface area contributed by atoms with Crippen LogP contribution in [0.1, 0.15) is 370 Å². The molecule has 0 bridgehead atoms. The van der Waals surface area contributed by atoms with Crippen molar-refractivity contribution in [3.63, 3.8) is 0 Å². The van der Waals surface area contributed by atoms with Crippen LogP contribution in [0.5, 0.6) is 23.0 Å². The molecule has 4 aromatic carbocycles. The molecule has 0 spiro atoms. The van der Waals surface area contributed by atoms with Crippen molar-refractivity contribution in [1.29, 1.82) is 0 Å². The number of aryl methyl sites for hydroxylation is 6. The van der Waals surface area contributed by atoms with Crippen LogP contribution in [-0.4, -0.2) is 101 Å². The van der Waals surface area contributed by atoms with Crippen molar-refractivity contribution in [1.82, 2.24) is 37.4 Å². The van der Waals surface area contributed by atoms with Crippen LogP contribution in [0.3, 0.4) is 0 Å². The Balaban J connectivity index is 0.000000220. The first-order valence-electron chi connectivity index (χ1n) is 52.1. The molecule has 744 valence electrons. The molecule has 0 amide bonds. The van der Waals surface area contributed by atoms with E-state index in [1.54, 1.807) is 51.1 Å². The second kappa shape index (κ2) is 62.0. The van der Waals surface area contributed by atoms with Crippen LogP contribution in [0.2, 0.25) is 29.6 Å². The summed E-state index contributed by atoms with van der Waals surface area (Å²) in [6, 6.07) is 13.8. The zero-order valence-electron chi connectivity index (χ0n) is 84.6. The summed E-state index contributed by atoms with van der Waals surface area (Å²) in [6.45, 7) is 25.2. The molecule has 0 aliphatic carbocycles. The van der Waals surface area contributed by atoms with Gasteiger partial charge in [-0.25, -0.2) is 19.9 Å². The molecule has 0 fully saturated rings. The first kappa shape index (κ1) is 115. The van der Waals surface area contributed by atoms with Gasteiger partial charge in [0.2, 0.25) is 0 Å². The van der Waals surface area contributed by atoms with Gasteiger partial charge in [0.1, 0.15) is 27.1 Å². The summed E-state index contributed by atoms with van der Waals surface area (Å²) in [5.74, 6) is 3.14. The zero-order chi connectivity index (χ0) is 96.5. The maximum absolute atomic E-state index is 7.05. The van der Waals surface area contributed by atoms with Crippen LogP contribution in [-0.2, 0) is 25.7 Å². The molecule has 0 saturated heterocycles. The van der Waals surface area contributed by atoms with Gasteiger partial charge in [-0.3, -0.25) is 0 Å². The standard InChI is InChI=1S/C54H74N4O2S5.C22H34Br2N2O2S.C22H30Br2N2S2.C4H2S.6CH3.2Sn/c1-7-11-15-19-23-27-35-59-50-44(41-32-31-37(5)61-41)48-49(58-65-57-48)45(51(50)60-36-28-24-20-16-12-8-2)42-33-34-43(63-42)54-56-47-40(30-26-22-18-14-10-4)39(29-25-21-17-13-9-3)46-52(53(47)64-54)62-38(6)55-46;1-3-5-7-9-11-13-15-27-21-17(23)19-20(26-29-25-19)18(24)22(21)28-16-14-12-10-8-6-4-2;1-3-5-7-9-11-13-15-16(14-12-10-8-6-4-2)18-20(28-22(24)26-18)19-17(15)25-21(23)27-19;1-2-4-5-3-1;;;;;;;;/h31-34H,7-30,35-36H2,1-6H3;3-16H2,1-2H3;3-14H2,1-2H3;1-2H;6*1H3;;. The van der Waals surface area contributed by atoms with E-state index in [1.807, 2.05) is 22.7 Å². The minimum atomic E-state index is -1.74. The Morgan fingerprint density at radius 1 is 0.267 bits per heavy atom. The van der Waals surface area contributed by atoms with Crippen molar-refractivity contribution < 1.29 is 18.9 Å². The molecule has 13 rings (SSSR count). The Morgan fingerprint density at radius 2 is 0.556 bits per heavy atom. The quantitative estimate of drug-likeness (QED) is 0.0265. The van der Waals surface area contributed by atoms with Crippen molar-refractivity contribution in [3.05, 3.63) is 85.3 Å². The molecule has 0 N–H and O–H groups in total. The third-order valence-electron chi connectivity index (χ3n) is 25.2. The summed E-state index contributed by atoms with van der Waals surface area (Å²) in [6.07, 6.45) is 59.7. The number of halogens is 4. The van der Waals surface area contributed by atoms with E-state index in [1.165, 1.54) is 347 Å². The van der Waals surface area contributed by atoms with Gasteiger partial charge < -0.3 is 18.9 Å². The van der Waals surface area contributed by atoms with Gasteiger partial charge in [0.15, 0.2) is 30.8 Å². The van der Waals surface area contributed by atoms with E-state index in [9.17, 15) is 0 Å². The van der Waals surface area contributed by atoms with Crippen LogP contribution in [0.4, 0.5) is 0 Å². The van der Waals surface area contributed by atoms with Crippen LogP contribution in [0.25, 0.3) is 93.7 Å². The number of fused-ring (bicyclic) bond motifs is 8. The molecule has 0 atom stereocenters. The molecular formula is C108H158Br4N8O4S9Sn2. The summed E-state index contributed by atoms with van der Waals surface area (Å²) in [5.41, 5.74) is 16.2. The van der Waals surface area contributed by atoms with Gasteiger partial charge in [-0.2, -0.15) is 17.5 Å². The minimum absolute atomic E-state index is 0.640. The number of nitrogens with zero attached hydrogens (tertiary/aromatic N) is 8. The number of hydrogen-bond donors (Lipinski definition) is 0. The Bertz CT molecular complexity index is 5470. The Kier molecular flexibility index (Phi) is 52.7. The normalized spacial score (nSPS) is 11.9. The molecule has 0 unspecified atom stereocenters. The van der Waals surface area contributed by atoms with Crippen molar-refractivity contribution in [2.75, 3.05) is 26.4 Å². The zero-order valence-corrected chi connectivity index (χ0v) is 104. The third kappa shape index (κ3) is 34.8. The molecule has 0 radical (unpaired) electrons. The monoisotopic (exact) mass is 2470 g/mol. The molecule has 135 heavy (non-hydrogen) atoms. The van der Waals surface area contributed by atoms with E-state index in [2.05, 4.69) is 219 Å². The fraction of sp³-hybridized carbons (Fsp3) is 0.630. The van der Waals surface area contributed by atoms with E-state index >= 15 is 0 Å².